The zero-order chi connectivity index (χ0) is 23.4. The van der Waals surface area contributed by atoms with Crippen molar-refractivity contribution in [2.75, 3.05) is 18.4 Å². The second kappa shape index (κ2) is 9.35. The van der Waals surface area contributed by atoms with Crippen LogP contribution < -0.4 is 11.1 Å². The van der Waals surface area contributed by atoms with E-state index in [4.69, 9.17) is 17.3 Å². The van der Waals surface area contributed by atoms with E-state index in [9.17, 15) is 14.9 Å². The van der Waals surface area contributed by atoms with E-state index in [-0.39, 0.29) is 17.9 Å². The summed E-state index contributed by atoms with van der Waals surface area (Å²) in [6.45, 7) is 0.909. The van der Waals surface area contributed by atoms with Crippen LogP contribution in [0.25, 0.3) is 0 Å². The van der Waals surface area contributed by atoms with E-state index in [1.807, 2.05) is 30.3 Å². The van der Waals surface area contributed by atoms with E-state index >= 15 is 0 Å². The molecule has 1 fully saturated rings. The lowest BCUT2D eigenvalue weighted by Crippen LogP contribution is -2.48. The third kappa shape index (κ3) is 4.69. The van der Waals surface area contributed by atoms with E-state index < -0.39 is 11.4 Å². The highest BCUT2D eigenvalue weighted by atomic mass is 35.5. The number of benzene rings is 2. The second-order valence-electron chi connectivity index (χ2n) is 8.05. The predicted molar refractivity (Wildman–Crippen MR) is 125 cm³/mol. The second-order valence-corrected chi connectivity index (χ2v) is 8.49. The summed E-state index contributed by atoms with van der Waals surface area (Å²) < 4.78 is 1.67. The van der Waals surface area contributed by atoms with Crippen molar-refractivity contribution in [1.82, 2.24) is 14.7 Å². The van der Waals surface area contributed by atoms with Crippen LogP contribution in [0.3, 0.4) is 0 Å². The van der Waals surface area contributed by atoms with Gasteiger partial charge in [0.15, 0.2) is 5.82 Å². The molecule has 0 radical (unpaired) electrons. The number of hydrogen-bond donors (Lipinski definition) is 2. The normalized spacial score (nSPS) is 15.0. The van der Waals surface area contributed by atoms with Gasteiger partial charge in [0.2, 0.25) is 0 Å². The van der Waals surface area contributed by atoms with Crippen LogP contribution in [0, 0.1) is 11.3 Å². The molecular weight excluding hydrogens is 440 g/mol. The molecule has 8 nitrogen and oxygen atoms in total. The first kappa shape index (κ1) is 22.4. The number of anilines is 2. The first-order valence-electron chi connectivity index (χ1n) is 10.6. The fraction of sp³-hybridized carbons (Fsp3) is 0.250. The van der Waals surface area contributed by atoms with Gasteiger partial charge in [0.05, 0.1) is 18.0 Å². The summed E-state index contributed by atoms with van der Waals surface area (Å²) in [5, 5.41) is 17.9. The van der Waals surface area contributed by atoms with Crippen LogP contribution in [0.4, 0.5) is 11.5 Å². The molecule has 2 aromatic carbocycles. The first-order chi connectivity index (χ1) is 15.9. The van der Waals surface area contributed by atoms with Crippen LogP contribution in [-0.4, -0.2) is 39.6 Å². The molecule has 0 spiro atoms. The van der Waals surface area contributed by atoms with E-state index in [1.165, 1.54) is 0 Å². The van der Waals surface area contributed by atoms with Crippen molar-refractivity contribution in [3.8, 4) is 6.07 Å². The molecule has 1 aliphatic heterocycles. The van der Waals surface area contributed by atoms with Crippen molar-refractivity contribution in [3.63, 3.8) is 0 Å². The Morgan fingerprint density at radius 2 is 1.79 bits per heavy atom. The van der Waals surface area contributed by atoms with Crippen molar-refractivity contribution in [3.05, 3.63) is 76.9 Å². The molecule has 4 rings (SSSR count). The first-order valence-corrected chi connectivity index (χ1v) is 10.9. The lowest BCUT2D eigenvalue weighted by Gasteiger charge is -2.40. The Labute approximate surface area is 196 Å². The van der Waals surface area contributed by atoms with E-state index in [0.29, 0.717) is 42.3 Å². The van der Waals surface area contributed by atoms with Gasteiger partial charge >= 0.3 is 0 Å². The van der Waals surface area contributed by atoms with Crippen molar-refractivity contribution >= 4 is 34.9 Å². The smallest absolute Gasteiger partial charge is 0.254 e. The minimum Gasteiger partial charge on any atom is -0.365 e. The summed E-state index contributed by atoms with van der Waals surface area (Å²) in [4.78, 5) is 26.7. The Morgan fingerprint density at radius 1 is 1.12 bits per heavy atom. The number of halogens is 1. The van der Waals surface area contributed by atoms with Gasteiger partial charge in [-0.15, -0.1) is 0 Å². The number of carbonyl (C=O) groups is 2. The number of nitrogens with one attached hydrogen (secondary N) is 1. The molecule has 0 unspecified atom stereocenters. The Kier molecular flexibility index (Phi) is 6.33. The number of nitriles is 1. The van der Waals surface area contributed by atoms with Gasteiger partial charge in [-0.2, -0.15) is 10.4 Å². The number of rotatable bonds is 6. The molecule has 0 bridgehead atoms. The highest BCUT2D eigenvalue weighted by Gasteiger charge is 2.39. The Bertz CT molecular complexity index is 1190. The summed E-state index contributed by atoms with van der Waals surface area (Å²) >= 11 is 5.93. The monoisotopic (exact) mass is 462 g/mol. The average molecular weight is 463 g/mol. The summed E-state index contributed by atoms with van der Waals surface area (Å²) in [5.74, 6) is -0.352. The number of hydrogen-bond acceptors (Lipinski definition) is 5. The van der Waals surface area contributed by atoms with Crippen LogP contribution in [0.5, 0.6) is 0 Å². The van der Waals surface area contributed by atoms with Gasteiger partial charge in [0, 0.05) is 35.6 Å². The molecular formula is C24H23ClN6O2. The number of nitrogens with zero attached hydrogens (tertiary/aromatic N) is 4. The molecule has 1 aliphatic rings. The molecule has 3 aromatic rings. The maximum atomic E-state index is 12.9. The summed E-state index contributed by atoms with van der Waals surface area (Å²) in [6, 6.07) is 18.4. The molecule has 9 heteroatoms. The van der Waals surface area contributed by atoms with Gasteiger partial charge < -0.3 is 16.0 Å². The highest BCUT2D eigenvalue weighted by Crippen LogP contribution is 2.35. The number of aromatic nitrogens is 2. The molecule has 3 N–H and O–H groups in total. The number of amides is 2. The number of nitrogens with two attached hydrogens (primary N) is 1. The third-order valence-corrected chi connectivity index (χ3v) is 6.23. The van der Waals surface area contributed by atoms with Gasteiger partial charge in [0.25, 0.3) is 11.8 Å². The van der Waals surface area contributed by atoms with Gasteiger partial charge in [-0.1, -0.05) is 29.8 Å². The maximum absolute atomic E-state index is 12.9. The Morgan fingerprint density at radius 3 is 2.39 bits per heavy atom. The number of para-hydroxylation sites is 1. The number of likely N-dealkylation sites (tertiary alicyclic amines) is 1. The molecule has 2 heterocycles. The highest BCUT2D eigenvalue weighted by molar-refractivity contribution is 6.30. The lowest BCUT2D eigenvalue weighted by molar-refractivity contribution is 0.0579. The van der Waals surface area contributed by atoms with Gasteiger partial charge in [0.1, 0.15) is 5.56 Å². The average Bonchev–Trinajstić information content (AvgIpc) is 3.25. The van der Waals surface area contributed by atoms with Crippen molar-refractivity contribution in [2.45, 2.75) is 24.8 Å². The minimum atomic E-state index is -0.646. The lowest BCUT2D eigenvalue weighted by atomic mass is 9.84. The standard InChI is InChI=1S/C24H23ClN6O2/c25-18-8-6-17(7-9-18)23(33)30-14-11-24(10-13-26,12-15-30)31-16-20(21(27)32)22(29-31)28-19-4-2-1-3-5-19/h1-9,16H,10-12,14-15H2,(H2,27,32)(H,28,29). The largest absolute Gasteiger partial charge is 0.365 e. The fourth-order valence-corrected chi connectivity index (χ4v) is 4.21. The Hall–Kier alpha value is -3.83. The van der Waals surface area contributed by atoms with Crippen LogP contribution in [0.2, 0.25) is 5.02 Å². The number of primary amides is 1. The summed E-state index contributed by atoms with van der Waals surface area (Å²) in [7, 11) is 0. The molecule has 0 aliphatic carbocycles. The van der Waals surface area contributed by atoms with E-state index in [0.717, 1.165) is 5.69 Å². The van der Waals surface area contributed by atoms with Gasteiger partial charge in [-0.05, 0) is 49.2 Å². The van der Waals surface area contributed by atoms with Crippen molar-refractivity contribution < 1.29 is 9.59 Å². The quantitative estimate of drug-likeness (QED) is 0.575. The number of piperidine rings is 1. The molecule has 33 heavy (non-hydrogen) atoms. The van der Waals surface area contributed by atoms with Crippen LogP contribution in [-0.2, 0) is 5.54 Å². The predicted octanol–water partition coefficient (Wildman–Crippen LogP) is 3.92. The topological polar surface area (TPSA) is 117 Å². The SMILES string of the molecule is N#CCC1(n2cc(C(N)=O)c(Nc3ccccc3)n2)CCN(C(=O)c2ccc(Cl)cc2)CC1. The van der Waals surface area contributed by atoms with E-state index in [1.54, 1.807) is 40.0 Å². The van der Waals surface area contributed by atoms with E-state index in [2.05, 4.69) is 16.5 Å². The van der Waals surface area contributed by atoms with Crippen LogP contribution in [0.1, 0.15) is 40.0 Å². The molecule has 0 saturated carbocycles. The zero-order valence-corrected chi connectivity index (χ0v) is 18.6. The van der Waals surface area contributed by atoms with Crippen molar-refractivity contribution in [1.29, 1.82) is 5.26 Å². The van der Waals surface area contributed by atoms with Crippen LogP contribution >= 0.6 is 11.6 Å². The molecule has 0 atom stereocenters. The maximum Gasteiger partial charge on any atom is 0.254 e. The van der Waals surface area contributed by atoms with Gasteiger partial charge in [-0.25, -0.2) is 0 Å². The molecule has 1 aromatic heterocycles. The molecule has 1 saturated heterocycles. The Balaban J connectivity index is 1.58. The minimum absolute atomic E-state index is 0.0815. The summed E-state index contributed by atoms with van der Waals surface area (Å²) in [6.07, 6.45) is 2.83. The summed E-state index contributed by atoms with van der Waals surface area (Å²) in [5.41, 5.74) is 6.54. The zero-order valence-electron chi connectivity index (χ0n) is 17.9. The molecule has 2 amide bonds. The fourth-order valence-electron chi connectivity index (χ4n) is 4.08. The van der Waals surface area contributed by atoms with Crippen LogP contribution in [0.15, 0.2) is 60.8 Å². The van der Waals surface area contributed by atoms with Gasteiger partial charge in [-0.3, -0.25) is 14.3 Å². The number of carbonyl (C=O) groups excluding carboxylic acids is 2. The van der Waals surface area contributed by atoms with Crippen molar-refractivity contribution in [2.24, 2.45) is 5.73 Å². The third-order valence-electron chi connectivity index (χ3n) is 5.98. The molecule has 168 valence electrons.